The standard InChI is InChI=1S/C17H31N5/c1-14(2)22-11-7-8-15(12-22)17-19-18-16(20(17)3)13-21-9-5-4-6-10-21/h14-15H,4-13H2,1-3H3/t15-/m1/s1. The van der Waals surface area contributed by atoms with Crippen LogP contribution < -0.4 is 0 Å². The molecule has 0 radical (unpaired) electrons. The van der Waals surface area contributed by atoms with Gasteiger partial charge in [-0.2, -0.15) is 0 Å². The lowest BCUT2D eigenvalue weighted by Gasteiger charge is -2.35. The zero-order chi connectivity index (χ0) is 15.5. The SMILES string of the molecule is CC(C)N1CCC[C@@H](c2nnc(CN3CCCCC3)n2C)C1. The van der Waals surface area contributed by atoms with Crippen molar-refractivity contribution in [1.29, 1.82) is 0 Å². The van der Waals surface area contributed by atoms with E-state index in [4.69, 9.17) is 0 Å². The third-order valence-electron chi connectivity index (χ3n) is 5.36. The summed E-state index contributed by atoms with van der Waals surface area (Å²) in [6, 6.07) is 0.629. The zero-order valence-corrected chi connectivity index (χ0v) is 14.5. The summed E-state index contributed by atoms with van der Waals surface area (Å²) in [6.07, 6.45) is 6.57. The Labute approximate surface area is 134 Å². The van der Waals surface area contributed by atoms with E-state index in [-0.39, 0.29) is 0 Å². The molecule has 0 N–H and O–H groups in total. The lowest BCUT2D eigenvalue weighted by Crippen LogP contribution is -2.39. The molecule has 3 rings (SSSR count). The molecule has 0 aromatic carbocycles. The Kier molecular flexibility index (Phi) is 5.14. The lowest BCUT2D eigenvalue weighted by molar-refractivity contribution is 0.163. The van der Waals surface area contributed by atoms with Gasteiger partial charge in [0.1, 0.15) is 11.6 Å². The van der Waals surface area contributed by atoms with Crippen LogP contribution in [0.15, 0.2) is 0 Å². The molecule has 5 heteroatoms. The first kappa shape index (κ1) is 15.9. The van der Waals surface area contributed by atoms with Crippen molar-refractivity contribution in [1.82, 2.24) is 24.6 Å². The van der Waals surface area contributed by atoms with Crippen molar-refractivity contribution in [2.75, 3.05) is 26.2 Å². The molecular weight excluding hydrogens is 274 g/mol. The number of aromatic nitrogens is 3. The van der Waals surface area contributed by atoms with Crippen molar-refractivity contribution in [2.45, 2.75) is 64.5 Å². The highest BCUT2D eigenvalue weighted by Crippen LogP contribution is 2.27. The van der Waals surface area contributed by atoms with E-state index in [9.17, 15) is 0 Å². The fourth-order valence-corrected chi connectivity index (χ4v) is 3.87. The van der Waals surface area contributed by atoms with Crippen LogP contribution >= 0.6 is 0 Å². The van der Waals surface area contributed by atoms with Gasteiger partial charge in [0, 0.05) is 25.6 Å². The Bertz CT molecular complexity index is 475. The van der Waals surface area contributed by atoms with Gasteiger partial charge in [0.2, 0.25) is 0 Å². The van der Waals surface area contributed by atoms with Crippen LogP contribution in [0.25, 0.3) is 0 Å². The molecule has 0 unspecified atom stereocenters. The molecule has 1 aromatic heterocycles. The second kappa shape index (κ2) is 7.09. The van der Waals surface area contributed by atoms with Gasteiger partial charge < -0.3 is 9.47 Å². The second-order valence-electron chi connectivity index (χ2n) is 7.30. The maximum atomic E-state index is 4.56. The quantitative estimate of drug-likeness (QED) is 0.856. The van der Waals surface area contributed by atoms with Gasteiger partial charge in [0.25, 0.3) is 0 Å². The van der Waals surface area contributed by atoms with Crippen LogP contribution in [0.3, 0.4) is 0 Å². The van der Waals surface area contributed by atoms with Gasteiger partial charge in [-0.05, 0) is 59.2 Å². The van der Waals surface area contributed by atoms with Crippen LogP contribution in [-0.2, 0) is 13.6 Å². The van der Waals surface area contributed by atoms with Crippen molar-refractivity contribution in [3.63, 3.8) is 0 Å². The highest BCUT2D eigenvalue weighted by molar-refractivity contribution is 5.04. The normalized spacial score (nSPS) is 25.0. The fraction of sp³-hybridized carbons (Fsp3) is 0.882. The molecule has 0 bridgehead atoms. The van der Waals surface area contributed by atoms with E-state index < -0.39 is 0 Å². The fourth-order valence-electron chi connectivity index (χ4n) is 3.87. The third-order valence-corrected chi connectivity index (χ3v) is 5.36. The van der Waals surface area contributed by atoms with E-state index in [1.165, 1.54) is 57.6 Å². The molecule has 0 amide bonds. The summed E-state index contributed by atoms with van der Waals surface area (Å²) in [5.74, 6) is 2.87. The minimum Gasteiger partial charge on any atom is -0.317 e. The molecule has 0 aliphatic carbocycles. The van der Waals surface area contributed by atoms with Crippen molar-refractivity contribution >= 4 is 0 Å². The van der Waals surface area contributed by atoms with E-state index in [1.807, 2.05) is 0 Å². The van der Waals surface area contributed by atoms with Gasteiger partial charge in [-0.3, -0.25) is 4.90 Å². The molecule has 2 saturated heterocycles. The van der Waals surface area contributed by atoms with E-state index in [1.54, 1.807) is 0 Å². The Morgan fingerprint density at radius 2 is 1.82 bits per heavy atom. The predicted octanol–water partition coefficient (Wildman–Crippen LogP) is 2.39. The Morgan fingerprint density at radius 3 is 2.55 bits per heavy atom. The van der Waals surface area contributed by atoms with Gasteiger partial charge in [0.15, 0.2) is 0 Å². The molecule has 1 aromatic rings. The number of hydrogen-bond donors (Lipinski definition) is 0. The third kappa shape index (κ3) is 3.51. The van der Waals surface area contributed by atoms with Gasteiger partial charge in [0.05, 0.1) is 6.54 Å². The monoisotopic (exact) mass is 305 g/mol. The summed E-state index contributed by atoms with van der Waals surface area (Å²) in [4.78, 5) is 5.10. The van der Waals surface area contributed by atoms with E-state index >= 15 is 0 Å². The maximum absolute atomic E-state index is 4.56. The minimum absolute atomic E-state index is 0.545. The number of rotatable bonds is 4. The van der Waals surface area contributed by atoms with Crippen LogP contribution in [0.1, 0.15) is 63.5 Å². The first-order valence-electron chi connectivity index (χ1n) is 8.99. The molecule has 0 spiro atoms. The number of hydrogen-bond acceptors (Lipinski definition) is 4. The van der Waals surface area contributed by atoms with Crippen molar-refractivity contribution < 1.29 is 0 Å². The van der Waals surface area contributed by atoms with Crippen LogP contribution in [0, 0.1) is 0 Å². The summed E-state index contributed by atoms with van der Waals surface area (Å²) in [5.41, 5.74) is 0. The first-order valence-corrected chi connectivity index (χ1v) is 8.99. The Balaban J connectivity index is 1.67. The van der Waals surface area contributed by atoms with Gasteiger partial charge in [-0.25, -0.2) is 0 Å². The van der Waals surface area contributed by atoms with Crippen LogP contribution in [-0.4, -0.2) is 56.8 Å². The van der Waals surface area contributed by atoms with Crippen molar-refractivity contribution in [2.24, 2.45) is 7.05 Å². The molecule has 5 nitrogen and oxygen atoms in total. The highest BCUT2D eigenvalue weighted by atomic mass is 15.3. The molecule has 3 heterocycles. The molecule has 2 fully saturated rings. The molecule has 22 heavy (non-hydrogen) atoms. The summed E-state index contributed by atoms with van der Waals surface area (Å²) >= 11 is 0. The zero-order valence-electron chi connectivity index (χ0n) is 14.5. The molecule has 124 valence electrons. The summed E-state index contributed by atoms with van der Waals surface area (Å²) in [5, 5.41) is 9.07. The number of nitrogens with zero attached hydrogens (tertiary/aromatic N) is 5. The predicted molar refractivity (Wildman–Crippen MR) is 88.8 cm³/mol. The molecule has 0 saturated carbocycles. The average molecular weight is 305 g/mol. The van der Waals surface area contributed by atoms with E-state index in [0.717, 1.165) is 18.9 Å². The van der Waals surface area contributed by atoms with Crippen LogP contribution in [0.2, 0.25) is 0 Å². The van der Waals surface area contributed by atoms with Crippen LogP contribution in [0.5, 0.6) is 0 Å². The largest absolute Gasteiger partial charge is 0.317 e. The van der Waals surface area contributed by atoms with Gasteiger partial charge in [-0.1, -0.05) is 6.42 Å². The lowest BCUT2D eigenvalue weighted by atomic mass is 9.96. The summed E-state index contributed by atoms with van der Waals surface area (Å²) in [7, 11) is 2.16. The summed E-state index contributed by atoms with van der Waals surface area (Å²) in [6.45, 7) is 10.3. The van der Waals surface area contributed by atoms with Gasteiger partial charge >= 0.3 is 0 Å². The maximum Gasteiger partial charge on any atom is 0.146 e. The van der Waals surface area contributed by atoms with E-state index in [0.29, 0.717) is 12.0 Å². The number of piperidine rings is 2. The van der Waals surface area contributed by atoms with Crippen molar-refractivity contribution in [3.8, 4) is 0 Å². The minimum atomic E-state index is 0.545. The molecular formula is C17H31N5. The summed E-state index contributed by atoms with van der Waals surface area (Å²) < 4.78 is 2.27. The van der Waals surface area contributed by atoms with Crippen LogP contribution in [0.4, 0.5) is 0 Å². The second-order valence-corrected chi connectivity index (χ2v) is 7.30. The molecule has 2 aliphatic heterocycles. The average Bonchev–Trinajstić information content (AvgIpc) is 2.89. The smallest absolute Gasteiger partial charge is 0.146 e. The number of likely N-dealkylation sites (tertiary alicyclic amines) is 2. The van der Waals surface area contributed by atoms with Gasteiger partial charge in [-0.15, -0.1) is 10.2 Å². The van der Waals surface area contributed by atoms with Crippen molar-refractivity contribution in [3.05, 3.63) is 11.6 Å². The molecule has 2 aliphatic rings. The highest BCUT2D eigenvalue weighted by Gasteiger charge is 2.27. The Morgan fingerprint density at radius 1 is 1.05 bits per heavy atom. The first-order chi connectivity index (χ1) is 10.6. The topological polar surface area (TPSA) is 37.2 Å². The van der Waals surface area contributed by atoms with E-state index in [2.05, 4.69) is 45.5 Å². The Hall–Kier alpha value is -0.940. The molecule has 1 atom stereocenters.